The summed E-state index contributed by atoms with van der Waals surface area (Å²) in [6.07, 6.45) is 1.06. The number of nitrogens with one attached hydrogen (secondary N) is 1. The molecule has 1 saturated heterocycles. The maximum Gasteiger partial charge on any atom is 0.419 e. The number of benzene rings is 1. The van der Waals surface area contributed by atoms with Crippen LogP contribution in [0.25, 0.3) is 22.4 Å². The third kappa shape index (κ3) is 6.39. The molecule has 2 amide bonds. The van der Waals surface area contributed by atoms with Gasteiger partial charge in [-0.25, -0.2) is 9.59 Å². The van der Waals surface area contributed by atoms with Crippen LogP contribution in [0.1, 0.15) is 32.8 Å². The number of aromatic nitrogens is 2. The minimum atomic E-state index is -0.907. The molecule has 4 rings (SSSR count). The van der Waals surface area contributed by atoms with Crippen LogP contribution in [0.4, 0.5) is 4.79 Å². The van der Waals surface area contributed by atoms with E-state index in [9.17, 15) is 19.6 Å². The van der Waals surface area contributed by atoms with E-state index in [-0.39, 0.29) is 13.0 Å². The summed E-state index contributed by atoms with van der Waals surface area (Å²) in [7, 11) is 1.64. The number of aryl methyl sites for hydroxylation is 1. The zero-order chi connectivity index (χ0) is 27.4. The molecule has 38 heavy (non-hydrogen) atoms. The van der Waals surface area contributed by atoms with Crippen molar-refractivity contribution < 1.29 is 23.5 Å². The van der Waals surface area contributed by atoms with E-state index in [0.717, 1.165) is 11.1 Å². The highest BCUT2D eigenvalue weighted by Gasteiger charge is 2.31. The van der Waals surface area contributed by atoms with Gasteiger partial charge in [-0.2, -0.15) is 5.26 Å². The Balaban J connectivity index is 1.39. The van der Waals surface area contributed by atoms with E-state index >= 15 is 0 Å². The molecule has 1 fully saturated rings. The molecule has 0 bridgehead atoms. The smallest absolute Gasteiger partial charge is 0.419 e. The zero-order valence-electron chi connectivity index (χ0n) is 21.9. The van der Waals surface area contributed by atoms with E-state index in [0.29, 0.717) is 36.4 Å². The van der Waals surface area contributed by atoms with Gasteiger partial charge in [0, 0.05) is 38.4 Å². The summed E-state index contributed by atoms with van der Waals surface area (Å²) in [6, 6.07) is 10.3. The van der Waals surface area contributed by atoms with Crippen molar-refractivity contribution in [2.45, 2.75) is 51.4 Å². The number of carbonyl (C=O) groups is 2. The molecular formula is C27H31N5O6. The van der Waals surface area contributed by atoms with Gasteiger partial charge < -0.3 is 24.1 Å². The summed E-state index contributed by atoms with van der Waals surface area (Å²) in [5.41, 5.74) is 2.77. The molecule has 0 spiro atoms. The van der Waals surface area contributed by atoms with Crippen LogP contribution in [0.5, 0.6) is 0 Å². The van der Waals surface area contributed by atoms with Gasteiger partial charge in [-0.15, -0.1) is 0 Å². The lowest BCUT2D eigenvalue weighted by molar-refractivity contribution is -0.133. The molecule has 11 nitrogen and oxygen atoms in total. The molecule has 1 aliphatic rings. The van der Waals surface area contributed by atoms with Crippen LogP contribution in [-0.2, 0) is 27.7 Å². The van der Waals surface area contributed by atoms with E-state index < -0.39 is 35.5 Å². The van der Waals surface area contributed by atoms with Crippen LogP contribution >= 0.6 is 0 Å². The second-order valence-corrected chi connectivity index (χ2v) is 10.2. The molecule has 2 atom stereocenters. The minimum absolute atomic E-state index is 0.0434. The Kier molecular flexibility index (Phi) is 7.83. The molecule has 1 aromatic carbocycles. The average Bonchev–Trinajstić information content (AvgIpc) is 3.03. The third-order valence-corrected chi connectivity index (χ3v) is 6.05. The summed E-state index contributed by atoms with van der Waals surface area (Å²) < 4.78 is 17.7. The third-order valence-electron chi connectivity index (χ3n) is 6.05. The molecular weight excluding hydrogens is 490 g/mol. The fraction of sp³-hybridized carbons (Fsp3) is 0.444. The van der Waals surface area contributed by atoms with Crippen molar-refractivity contribution in [1.82, 2.24) is 19.8 Å². The van der Waals surface area contributed by atoms with Crippen LogP contribution in [0, 0.1) is 11.3 Å². The molecule has 1 unspecified atom stereocenters. The first-order valence-corrected chi connectivity index (χ1v) is 12.4. The van der Waals surface area contributed by atoms with E-state index in [1.54, 1.807) is 40.1 Å². The maximum absolute atomic E-state index is 12.9. The van der Waals surface area contributed by atoms with Crippen LogP contribution in [0.3, 0.4) is 0 Å². The Morgan fingerprint density at radius 3 is 2.76 bits per heavy atom. The normalized spacial score (nSPS) is 16.9. The first-order valence-electron chi connectivity index (χ1n) is 12.4. The topological polar surface area (TPSA) is 140 Å². The van der Waals surface area contributed by atoms with Gasteiger partial charge >= 0.3 is 11.8 Å². The van der Waals surface area contributed by atoms with Crippen LogP contribution in [0.15, 0.2) is 45.7 Å². The van der Waals surface area contributed by atoms with Crippen molar-refractivity contribution in [3.8, 4) is 17.3 Å². The van der Waals surface area contributed by atoms with Crippen molar-refractivity contribution in [3.05, 3.63) is 52.6 Å². The summed E-state index contributed by atoms with van der Waals surface area (Å²) in [5.74, 6) is -0.896. The number of rotatable bonds is 5. The Morgan fingerprint density at radius 1 is 1.29 bits per heavy atom. The van der Waals surface area contributed by atoms with Gasteiger partial charge in [0.2, 0.25) is 0 Å². The zero-order valence-corrected chi connectivity index (χ0v) is 21.9. The lowest BCUT2D eigenvalue weighted by atomic mass is 10.1. The molecule has 200 valence electrons. The highest BCUT2D eigenvalue weighted by Crippen LogP contribution is 2.23. The van der Waals surface area contributed by atoms with Crippen molar-refractivity contribution in [2.75, 3.05) is 19.7 Å². The molecule has 3 aromatic rings. The molecule has 3 heterocycles. The summed E-state index contributed by atoms with van der Waals surface area (Å²) in [4.78, 5) is 43.1. The van der Waals surface area contributed by atoms with Gasteiger partial charge in [-0.1, -0.05) is 6.07 Å². The van der Waals surface area contributed by atoms with Gasteiger partial charge in [0.05, 0.1) is 23.8 Å². The highest BCUT2D eigenvalue weighted by molar-refractivity contribution is 5.82. The lowest BCUT2D eigenvalue weighted by Crippen LogP contribution is -2.48. The van der Waals surface area contributed by atoms with Crippen LogP contribution in [0.2, 0.25) is 0 Å². The van der Waals surface area contributed by atoms with Gasteiger partial charge in [-0.05, 0) is 57.0 Å². The molecule has 0 saturated carbocycles. The molecule has 11 heteroatoms. The number of hydrogen-bond donors (Lipinski definition) is 1. The standard InChI is InChI=1S/C27H31N5O6/c1-27(2,3)38-26(35)32-10-5-11-36-23(16-32)24(33)30-19(14-28)12-17-6-8-20(29-15-17)18-7-9-22-21(13-18)31(4)25(34)37-22/h6-9,13,15,19,23H,5,10-12,16H2,1-4H3,(H,30,33)/t19?,23-/m0/s1. The predicted molar refractivity (Wildman–Crippen MR) is 138 cm³/mol. The lowest BCUT2D eigenvalue weighted by Gasteiger charge is -2.27. The van der Waals surface area contributed by atoms with Crippen molar-refractivity contribution >= 4 is 23.1 Å². The fourth-order valence-electron chi connectivity index (χ4n) is 4.11. The van der Waals surface area contributed by atoms with Gasteiger partial charge in [-0.3, -0.25) is 14.3 Å². The SMILES string of the molecule is Cn1c(=O)oc2ccc(-c3ccc(CC(C#N)NC(=O)[C@@H]4CN(C(=O)OC(C)(C)C)CCCO4)cn3)cc21. The number of amides is 2. The number of hydrogen-bond acceptors (Lipinski definition) is 8. The first-order chi connectivity index (χ1) is 18.0. The predicted octanol–water partition coefficient (Wildman–Crippen LogP) is 2.77. The summed E-state index contributed by atoms with van der Waals surface area (Å²) in [5, 5.41) is 12.4. The van der Waals surface area contributed by atoms with Gasteiger partial charge in [0.15, 0.2) is 11.7 Å². The minimum Gasteiger partial charge on any atom is -0.444 e. The maximum atomic E-state index is 12.9. The molecule has 0 aliphatic carbocycles. The fourth-order valence-corrected chi connectivity index (χ4v) is 4.11. The Morgan fingerprint density at radius 2 is 2.08 bits per heavy atom. The van der Waals surface area contributed by atoms with Gasteiger partial charge in [0.25, 0.3) is 5.91 Å². The Labute approximate surface area is 219 Å². The second kappa shape index (κ2) is 11.1. The van der Waals surface area contributed by atoms with Gasteiger partial charge in [0.1, 0.15) is 11.6 Å². The van der Waals surface area contributed by atoms with Crippen LogP contribution < -0.4 is 11.1 Å². The summed E-state index contributed by atoms with van der Waals surface area (Å²) in [6.45, 7) is 6.13. The van der Waals surface area contributed by atoms with E-state index in [4.69, 9.17) is 13.9 Å². The molecule has 1 aliphatic heterocycles. The quantitative estimate of drug-likeness (QED) is 0.541. The molecule has 0 radical (unpaired) electrons. The number of oxazole rings is 1. The largest absolute Gasteiger partial charge is 0.444 e. The monoisotopic (exact) mass is 521 g/mol. The second-order valence-electron chi connectivity index (χ2n) is 10.2. The van der Waals surface area contributed by atoms with E-state index in [1.807, 2.05) is 24.3 Å². The average molecular weight is 522 g/mol. The number of nitriles is 1. The van der Waals surface area contributed by atoms with Crippen molar-refractivity contribution in [1.29, 1.82) is 5.26 Å². The van der Waals surface area contributed by atoms with E-state index in [2.05, 4.69) is 16.4 Å². The summed E-state index contributed by atoms with van der Waals surface area (Å²) >= 11 is 0. The molecule has 1 N–H and O–H groups in total. The number of ether oxygens (including phenoxy) is 2. The first kappa shape index (κ1) is 26.9. The highest BCUT2D eigenvalue weighted by atomic mass is 16.6. The van der Waals surface area contributed by atoms with Crippen molar-refractivity contribution in [3.63, 3.8) is 0 Å². The molecule has 2 aromatic heterocycles. The van der Waals surface area contributed by atoms with Crippen molar-refractivity contribution in [2.24, 2.45) is 7.05 Å². The number of pyridine rings is 1. The number of fused-ring (bicyclic) bond motifs is 1. The Bertz CT molecular complexity index is 1410. The van der Waals surface area contributed by atoms with Crippen LogP contribution in [-0.4, -0.2) is 63.9 Å². The van der Waals surface area contributed by atoms with E-state index in [1.165, 1.54) is 9.47 Å². The number of carbonyl (C=O) groups excluding carboxylic acids is 2. The Hall–Kier alpha value is -4.17. The number of nitrogens with zero attached hydrogens (tertiary/aromatic N) is 4.